The van der Waals surface area contributed by atoms with Crippen LogP contribution in [0.5, 0.6) is 0 Å². The van der Waals surface area contributed by atoms with Gasteiger partial charge in [0.2, 0.25) is 10.0 Å². The van der Waals surface area contributed by atoms with Gasteiger partial charge in [-0.05, 0) is 18.1 Å². The zero-order valence-corrected chi connectivity index (χ0v) is 17.7. The Morgan fingerprint density at radius 2 is 1.90 bits per heavy atom. The van der Waals surface area contributed by atoms with Crippen molar-refractivity contribution in [1.29, 1.82) is 0 Å². The molecular formula is C19H27N5O5S. The minimum absolute atomic E-state index is 0.0503. The number of carboxylic acids is 1. The molecule has 0 saturated carbocycles. The maximum Gasteiger partial charge on any atom is 0.322 e. The molecule has 3 rings (SSSR count). The van der Waals surface area contributed by atoms with E-state index in [1.165, 1.54) is 12.3 Å². The van der Waals surface area contributed by atoms with Crippen LogP contribution in [0, 0.1) is 5.92 Å². The summed E-state index contributed by atoms with van der Waals surface area (Å²) in [6, 6.07) is 4.91. The van der Waals surface area contributed by atoms with Crippen LogP contribution >= 0.6 is 0 Å². The number of carboxylic acid groups (broad SMARTS) is 1. The first-order valence-corrected chi connectivity index (χ1v) is 10.9. The first-order valence-electron chi connectivity index (χ1n) is 9.46. The summed E-state index contributed by atoms with van der Waals surface area (Å²) in [5, 5.41) is 13.4. The predicted octanol–water partition coefficient (Wildman–Crippen LogP) is 0.593. The van der Waals surface area contributed by atoms with Gasteiger partial charge in [-0.15, -0.1) is 0 Å². The van der Waals surface area contributed by atoms with Gasteiger partial charge in [0, 0.05) is 49.3 Å². The number of hydrogen-bond acceptors (Lipinski definition) is 6. The summed E-state index contributed by atoms with van der Waals surface area (Å²) in [6.07, 6.45) is 3.06. The number of carbonyl (C=O) groups is 2. The van der Waals surface area contributed by atoms with E-state index >= 15 is 0 Å². The fraction of sp³-hybridized carbons (Fsp3) is 0.421. The second-order valence-corrected chi connectivity index (χ2v) is 8.79. The highest BCUT2D eigenvalue weighted by molar-refractivity contribution is 7.89. The van der Waals surface area contributed by atoms with Crippen molar-refractivity contribution in [3.63, 3.8) is 0 Å². The number of amides is 2. The Balaban J connectivity index is 0.000000297. The summed E-state index contributed by atoms with van der Waals surface area (Å²) >= 11 is 0. The Kier molecular flexibility index (Phi) is 8.09. The highest BCUT2D eigenvalue weighted by atomic mass is 32.2. The topological polar surface area (TPSA) is 155 Å². The minimum Gasteiger partial charge on any atom is -0.480 e. The molecule has 0 spiro atoms. The largest absolute Gasteiger partial charge is 0.480 e. The van der Waals surface area contributed by atoms with Crippen LogP contribution in [-0.2, 0) is 14.8 Å². The number of aromatic nitrogens is 1. The van der Waals surface area contributed by atoms with Crippen LogP contribution in [0.2, 0.25) is 0 Å². The van der Waals surface area contributed by atoms with E-state index < -0.39 is 22.0 Å². The van der Waals surface area contributed by atoms with Crippen molar-refractivity contribution in [3.05, 3.63) is 36.7 Å². The number of piperazine rings is 1. The lowest BCUT2D eigenvalue weighted by Crippen LogP contribution is -2.48. The molecule has 1 aliphatic rings. The summed E-state index contributed by atoms with van der Waals surface area (Å²) in [5.41, 5.74) is 5.03. The molecular weight excluding hydrogens is 410 g/mol. The highest BCUT2D eigenvalue weighted by Gasteiger charge is 2.28. The number of aliphatic carboxylic acids is 1. The highest BCUT2D eigenvalue weighted by Crippen LogP contribution is 2.22. The number of carbonyl (C=O) groups excluding carboxylic acids is 1. The number of urea groups is 1. The summed E-state index contributed by atoms with van der Waals surface area (Å²) in [7, 11) is -3.93. The molecule has 2 amide bonds. The van der Waals surface area contributed by atoms with Gasteiger partial charge in [-0.3, -0.25) is 9.78 Å². The van der Waals surface area contributed by atoms with Crippen LogP contribution in [0.4, 0.5) is 4.79 Å². The first-order chi connectivity index (χ1) is 14.1. The Bertz CT molecular complexity index is 984. The van der Waals surface area contributed by atoms with Crippen molar-refractivity contribution in [2.24, 2.45) is 11.7 Å². The van der Waals surface area contributed by atoms with Gasteiger partial charge < -0.3 is 21.1 Å². The van der Waals surface area contributed by atoms with E-state index in [9.17, 15) is 18.0 Å². The molecule has 1 fully saturated rings. The monoisotopic (exact) mass is 437 g/mol. The molecule has 11 heteroatoms. The number of nitrogens with one attached hydrogen (secondary N) is 2. The quantitative estimate of drug-likeness (QED) is 0.534. The second kappa shape index (κ2) is 10.3. The first kappa shape index (κ1) is 23.5. The summed E-state index contributed by atoms with van der Waals surface area (Å²) in [6.45, 7) is 6.51. The Morgan fingerprint density at radius 3 is 2.43 bits per heavy atom. The lowest BCUT2D eigenvalue weighted by molar-refractivity contribution is -0.140. The average Bonchev–Trinajstić information content (AvgIpc) is 2.72. The number of benzene rings is 1. The molecule has 10 nitrogen and oxygen atoms in total. The number of nitrogens with zero attached hydrogens (tertiary/aromatic N) is 2. The average molecular weight is 438 g/mol. The van der Waals surface area contributed by atoms with E-state index in [-0.39, 0.29) is 16.8 Å². The molecule has 0 aliphatic carbocycles. The number of primary amides is 1. The van der Waals surface area contributed by atoms with Crippen molar-refractivity contribution >= 4 is 32.8 Å². The van der Waals surface area contributed by atoms with Gasteiger partial charge in [0.1, 0.15) is 6.04 Å². The van der Waals surface area contributed by atoms with Crippen molar-refractivity contribution < 1.29 is 23.1 Å². The number of pyridine rings is 1. The minimum atomic E-state index is -3.93. The Labute approximate surface area is 175 Å². The SMILES string of the molecule is CC(C)[C@H](NS(=O)(=O)c1cccc2cnccc12)C(=O)O.NC(=O)N1CCNCC1. The number of sulfonamides is 1. The van der Waals surface area contributed by atoms with E-state index in [1.54, 1.807) is 43.1 Å². The summed E-state index contributed by atoms with van der Waals surface area (Å²) in [5.74, 6) is -1.57. The maximum absolute atomic E-state index is 12.5. The fourth-order valence-corrected chi connectivity index (χ4v) is 4.48. The summed E-state index contributed by atoms with van der Waals surface area (Å²) in [4.78, 5) is 27.3. The maximum atomic E-state index is 12.5. The van der Waals surface area contributed by atoms with E-state index in [0.29, 0.717) is 10.8 Å². The van der Waals surface area contributed by atoms with Crippen LogP contribution in [0.3, 0.4) is 0 Å². The molecule has 0 bridgehead atoms. The molecule has 1 aromatic heterocycles. The zero-order chi connectivity index (χ0) is 22.3. The van der Waals surface area contributed by atoms with E-state index in [1.807, 2.05) is 0 Å². The molecule has 2 aromatic rings. The number of nitrogens with two attached hydrogens (primary N) is 1. The van der Waals surface area contributed by atoms with Gasteiger partial charge in [-0.2, -0.15) is 4.72 Å². The molecule has 0 unspecified atom stereocenters. The van der Waals surface area contributed by atoms with Gasteiger partial charge in [-0.1, -0.05) is 26.0 Å². The molecule has 30 heavy (non-hydrogen) atoms. The molecule has 1 atom stereocenters. The third-order valence-corrected chi connectivity index (χ3v) is 6.07. The normalized spacial score (nSPS) is 15.4. The molecule has 1 saturated heterocycles. The third-order valence-electron chi connectivity index (χ3n) is 4.57. The molecule has 2 heterocycles. The van der Waals surface area contributed by atoms with E-state index in [2.05, 4.69) is 15.0 Å². The van der Waals surface area contributed by atoms with Gasteiger partial charge in [0.25, 0.3) is 0 Å². The zero-order valence-electron chi connectivity index (χ0n) is 16.9. The number of hydrogen-bond donors (Lipinski definition) is 4. The van der Waals surface area contributed by atoms with Crippen molar-refractivity contribution in [1.82, 2.24) is 19.9 Å². The molecule has 5 N–H and O–H groups in total. The summed E-state index contributed by atoms with van der Waals surface area (Å²) < 4.78 is 27.2. The smallest absolute Gasteiger partial charge is 0.322 e. The van der Waals surface area contributed by atoms with Crippen LogP contribution in [0.25, 0.3) is 10.8 Å². The number of fused-ring (bicyclic) bond motifs is 1. The van der Waals surface area contributed by atoms with Crippen LogP contribution in [0.1, 0.15) is 13.8 Å². The van der Waals surface area contributed by atoms with Gasteiger partial charge in [-0.25, -0.2) is 13.2 Å². The molecule has 1 aliphatic heterocycles. The third kappa shape index (κ3) is 6.12. The van der Waals surface area contributed by atoms with Crippen LogP contribution in [0.15, 0.2) is 41.6 Å². The molecule has 164 valence electrons. The van der Waals surface area contributed by atoms with Gasteiger partial charge in [0.05, 0.1) is 4.90 Å². The molecule has 1 aromatic carbocycles. The number of rotatable bonds is 5. The van der Waals surface area contributed by atoms with E-state index in [0.717, 1.165) is 26.2 Å². The molecule has 0 radical (unpaired) electrons. The Morgan fingerprint density at radius 1 is 1.23 bits per heavy atom. The van der Waals surface area contributed by atoms with Gasteiger partial charge in [0.15, 0.2) is 0 Å². The lowest BCUT2D eigenvalue weighted by atomic mass is 10.1. The van der Waals surface area contributed by atoms with E-state index in [4.69, 9.17) is 10.8 Å². The lowest BCUT2D eigenvalue weighted by Gasteiger charge is -2.25. The van der Waals surface area contributed by atoms with Crippen LogP contribution < -0.4 is 15.8 Å². The Hall–Kier alpha value is -2.76. The van der Waals surface area contributed by atoms with Crippen molar-refractivity contribution in [3.8, 4) is 0 Å². The standard InChI is InChI=1S/C14H16N2O4S.C5H11N3O/c1-9(2)13(14(17)18)16-21(19,20)12-5-3-4-10-8-15-7-6-11(10)12;6-5(9)8-3-1-7-2-4-8/h3-9,13,16H,1-2H3,(H,17,18);7H,1-4H2,(H2,6,9)/t13-;/m0./s1. The van der Waals surface area contributed by atoms with Crippen molar-refractivity contribution in [2.75, 3.05) is 26.2 Å². The second-order valence-electron chi connectivity index (χ2n) is 7.11. The van der Waals surface area contributed by atoms with Crippen LogP contribution in [-0.4, -0.2) is 67.6 Å². The van der Waals surface area contributed by atoms with Crippen molar-refractivity contribution in [2.45, 2.75) is 24.8 Å². The fourth-order valence-electron chi connectivity index (χ4n) is 2.91. The predicted molar refractivity (Wildman–Crippen MR) is 112 cm³/mol. The van der Waals surface area contributed by atoms with Gasteiger partial charge >= 0.3 is 12.0 Å².